The molecule has 2 rings (SSSR count). The van der Waals surface area contributed by atoms with Gasteiger partial charge in [-0.25, -0.2) is 0 Å². The first-order valence-electron chi connectivity index (χ1n) is 7.17. The van der Waals surface area contributed by atoms with Gasteiger partial charge in [0, 0.05) is 13.1 Å². The van der Waals surface area contributed by atoms with Crippen LogP contribution in [0.2, 0.25) is 5.02 Å². The largest absolute Gasteiger partial charge is 0.482 e. The monoisotopic (exact) mass is 325 g/mol. The van der Waals surface area contributed by atoms with Gasteiger partial charge in [-0.05, 0) is 37.1 Å². The average molecular weight is 326 g/mol. The van der Waals surface area contributed by atoms with Crippen LogP contribution in [0.1, 0.15) is 18.4 Å². The molecule has 0 radical (unpaired) electrons. The van der Waals surface area contributed by atoms with E-state index in [-0.39, 0.29) is 18.4 Å². The van der Waals surface area contributed by atoms with Crippen LogP contribution in [0.25, 0.3) is 0 Å². The summed E-state index contributed by atoms with van der Waals surface area (Å²) in [4.78, 5) is 24.2. The summed E-state index contributed by atoms with van der Waals surface area (Å²) in [6.45, 7) is 2.10. The van der Waals surface area contributed by atoms with Crippen molar-refractivity contribution in [2.24, 2.45) is 17.4 Å². The molecule has 6 nitrogen and oxygen atoms in total. The number of ether oxygens (including phenoxy) is 1. The molecule has 0 saturated carbocycles. The number of rotatable bonds is 6. The van der Waals surface area contributed by atoms with E-state index in [4.69, 9.17) is 27.8 Å². The standard InChI is InChI=1S/C15H20ClN3O3/c16-12-6-10(3-4-13(12)22-9-14(17)20)7-19-5-1-2-11(8-19)15(18)21/h3-4,6,11H,1-2,5,7-9H2,(H2,17,20)(H2,18,21)/t11-/m0/s1. The fourth-order valence-corrected chi connectivity index (χ4v) is 2.86. The number of hydrogen-bond donors (Lipinski definition) is 2. The molecule has 1 heterocycles. The molecule has 0 aromatic heterocycles. The SMILES string of the molecule is NC(=O)COc1ccc(CN2CCC[C@H](C(N)=O)C2)cc1Cl. The molecule has 0 bridgehead atoms. The van der Waals surface area contributed by atoms with Crippen molar-refractivity contribution in [1.82, 2.24) is 4.90 Å². The second-order valence-electron chi connectivity index (χ2n) is 5.50. The van der Waals surface area contributed by atoms with Crippen LogP contribution in [-0.2, 0) is 16.1 Å². The molecule has 0 spiro atoms. The number of benzene rings is 1. The molecule has 1 aromatic rings. The van der Waals surface area contributed by atoms with Gasteiger partial charge in [-0.15, -0.1) is 0 Å². The van der Waals surface area contributed by atoms with E-state index in [1.54, 1.807) is 12.1 Å². The van der Waals surface area contributed by atoms with Gasteiger partial charge in [-0.2, -0.15) is 0 Å². The molecule has 2 amide bonds. The predicted octanol–water partition coefficient (Wildman–Crippen LogP) is 0.901. The fraction of sp³-hybridized carbons (Fsp3) is 0.467. The zero-order valence-corrected chi connectivity index (χ0v) is 13.0. The number of carbonyl (C=O) groups is 2. The van der Waals surface area contributed by atoms with E-state index < -0.39 is 5.91 Å². The van der Waals surface area contributed by atoms with E-state index in [2.05, 4.69) is 4.90 Å². The lowest BCUT2D eigenvalue weighted by molar-refractivity contribution is -0.123. The van der Waals surface area contributed by atoms with Crippen LogP contribution < -0.4 is 16.2 Å². The van der Waals surface area contributed by atoms with E-state index >= 15 is 0 Å². The Bertz CT molecular complexity index is 565. The van der Waals surface area contributed by atoms with E-state index in [9.17, 15) is 9.59 Å². The maximum atomic E-state index is 11.3. The van der Waals surface area contributed by atoms with Gasteiger partial charge >= 0.3 is 0 Å². The van der Waals surface area contributed by atoms with Gasteiger partial charge < -0.3 is 16.2 Å². The van der Waals surface area contributed by atoms with Crippen molar-refractivity contribution in [3.05, 3.63) is 28.8 Å². The van der Waals surface area contributed by atoms with Gasteiger partial charge in [-0.1, -0.05) is 17.7 Å². The average Bonchev–Trinajstić information content (AvgIpc) is 2.46. The number of piperidine rings is 1. The maximum Gasteiger partial charge on any atom is 0.255 e. The van der Waals surface area contributed by atoms with Gasteiger partial charge in [0.1, 0.15) is 5.75 Å². The molecule has 1 aliphatic rings. The number of nitrogens with two attached hydrogens (primary N) is 2. The van der Waals surface area contributed by atoms with Crippen molar-refractivity contribution in [3.8, 4) is 5.75 Å². The van der Waals surface area contributed by atoms with Gasteiger partial charge in [0.05, 0.1) is 10.9 Å². The molecule has 22 heavy (non-hydrogen) atoms. The van der Waals surface area contributed by atoms with Crippen LogP contribution in [0.5, 0.6) is 5.75 Å². The highest BCUT2D eigenvalue weighted by molar-refractivity contribution is 6.32. The molecule has 7 heteroatoms. The Balaban J connectivity index is 1.97. The third-order valence-electron chi connectivity index (χ3n) is 3.68. The summed E-state index contributed by atoms with van der Waals surface area (Å²) in [5, 5.41) is 0.433. The lowest BCUT2D eigenvalue weighted by Gasteiger charge is -2.31. The van der Waals surface area contributed by atoms with Crippen LogP contribution in [0.15, 0.2) is 18.2 Å². The number of carbonyl (C=O) groups excluding carboxylic acids is 2. The summed E-state index contributed by atoms with van der Waals surface area (Å²) in [5.41, 5.74) is 11.4. The van der Waals surface area contributed by atoms with Crippen LogP contribution in [0.4, 0.5) is 0 Å². The summed E-state index contributed by atoms with van der Waals surface area (Å²) in [6, 6.07) is 5.40. The molecule has 1 saturated heterocycles. The Morgan fingerprint density at radius 3 is 2.77 bits per heavy atom. The van der Waals surface area contributed by atoms with Crippen LogP contribution in [0, 0.1) is 5.92 Å². The lowest BCUT2D eigenvalue weighted by Crippen LogP contribution is -2.40. The van der Waals surface area contributed by atoms with Crippen molar-refractivity contribution in [3.63, 3.8) is 0 Å². The summed E-state index contributed by atoms with van der Waals surface area (Å²) in [6.07, 6.45) is 1.81. The Kier molecular flexibility index (Phi) is 5.63. The first-order chi connectivity index (χ1) is 10.5. The summed E-state index contributed by atoms with van der Waals surface area (Å²) >= 11 is 6.14. The van der Waals surface area contributed by atoms with Gasteiger partial charge in [0.15, 0.2) is 6.61 Å². The number of primary amides is 2. The maximum absolute atomic E-state index is 11.3. The minimum absolute atomic E-state index is 0.0811. The zero-order chi connectivity index (χ0) is 16.1. The van der Waals surface area contributed by atoms with Crippen molar-refractivity contribution in [2.75, 3.05) is 19.7 Å². The number of likely N-dealkylation sites (tertiary alicyclic amines) is 1. The Hall–Kier alpha value is -1.79. The topological polar surface area (TPSA) is 98.7 Å². The van der Waals surface area contributed by atoms with Crippen molar-refractivity contribution < 1.29 is 14.3 Å². The zero-order valence-electron chi connectivity index (χ0n) is 12.3. The van der Waals surface area contributed by atoms with E-state index in [1.807, 2.05) is 6.07 Å². The first kappa shape index (κ1) is 16.6. The third-order valence-corrected chi connectivity index (χ3v) is 3.98. The van der Waals surface area contributed by atoms with Gasteiger partial charge in [-0.3, -0.25) is 14.5 Å². The van der Waals surface area contributed by atoms with E-state index in [0.29, 0.717) is 23.9 Å². The summed E-state index contributed by atoms with van der Waals surface area (Å²) in [7, 11) is 0. The van der Waals surface area contributed by atoms with Crippen LogP contribution in [-0.4, -0.2) is 36.4 Å². The van der Waals surface area contributed by atoms with E-state index in [0.717, 1.165) is 24.9 Å². The smallest absolute Gasteiger partial charge is 0.255 e. The van der Waals surface area contributed by atoms with Crippen molar-refractivity contribution in [2.45, 2.75) is 19.4 Å². The Morgan fingerprint density at radius 1 is 1.36 bits per heavy atom. The number of nitrogens with zero attached hydrogens (tertiary/aromatic N) is 1. The molecule has 1 aromatic carbocycles. The second kappa shape index (κ2) is 7.47. The Labute approximate surface area is 134 Å². The van der Waals surface area contributed by atoms with E-state index in [1.165, 1.54) is 0 Å². The summed E-state index contributed by atoms with van der Waals surface area (Å²) in [5.74, 6) is -0.441. The highest BCUT2D eigenvalue weighted by Crippen LogP contribution is 2.27. The highest BCUT2D eigenvalue weighted by atomic mass is 35.5. The molecular formula is C15H20ClN3O3. The molecular weight excluding hydrogens is 306 g/mol. The highest BCUT2D eigenvalue weighted by Gasteiger charge is 2.23. The van der Waals surface area contributed by atoms with Gasteiger partial charge in [0.25, 0.3) is 5.91 Å². The Morgan fingerprint density at radius 2 is 2.14 bits per heavy atom. The molecule has 1 fully saturated rings. The lowest BCUT2D eigenvalue weighted by atomic mass is 9.97. The molecule has 1 atom stereocenters. The summed E-state index contributed by atoms with van der Waals surface area (Å²) < 4.78 is 5.21. The van der Waals surface area contributed by atoms with Crippen molar-refractivity contribution in [1.29, 1.82) is 0 Å². The van der Waals surface area contributed by atoms with Crippen molar-refractivity contribution >= 4 is 23.4 Å². The number of hydrogen-bond acceptors (Lipinski definition) is 4. The number of halogens is 1. The number of amides is 2. The third kappa shape index (κ3) is 4.61. The quantitative estimate of drug-likeness (QED) is 0.811. The normalized spacial score (nSPS) is 18.9. The fourth-order valence-electron chi connectivity index (χ4n) is 2.60. The van der Waals surface area contributed by atoms with Crippen LogP contribution in [0.3, 0.4) is 0 Å². The minimum Gasteiger partial charge on any atom is -0.482 e. The molecule has 1 aliphatic heterocycles. The predicted molar refractivity (Wildman–Crippen MR) is 83.3 cm³/mol. The molecule has 0 unspecified atom stereocenters. The second-order valence-corrected chi connectivity index (χ2v) is 5.90. The van der Waals surface area contributed by atoms with Crippen LogP contribution >= 0.6 is 11.6 Å². The minimum atomic E-state index is -0.550. The first-order valence-corrected chi connectivity index (χ1v) is 7.54. The molecule has 4 N–H and O–H groups in total. The molecule has 120 valence electrons. The molecule has 0 aliphatic carbocycles. The van der Waals surface area contributed by atoms with Gasteiger partial charge in [0.2, 0.25) is 5.91 Å².